The van der Waals surface area contributed by atoms with Crippen molar-refractivity contribution >= 4 is 0 Å². The molecule has 0 aromatic heterocycles. The first-order chi connectivity index (χ1) is 8.54. The third-order valence-corrected chi connectivity index (χ3v) is 7.19. The molecular formula is C18H32. The van der Waals surface area contributed by atoms with Crippen LogP contribution in [0.25, 0.3) is 0 Å². The third-order valence-electron chi connectivity index (χ3n) is 7.19. The Balaban J connectivity index is 1.69. The number of hydrogen-bond donors (Lipinski definition) is 0. The van der Waals surface area contributed by atoms with Gasteiger partial charge in [0.05, 0.1) is 0 Å². The molecule has 3 saturated carbocycles. The van der Waals surface area contributed by atoms with Crippen molar-refractivity contribution in [3.05, 3.63) is 0 Å². The summed E-state index contributed by atoms with van der Waals surface area (Å²) in [5, 5.41) is 0. The van der Waals surface area contributed by atoms with Gasteiger partial charge in [-0.25, -0.2) is 0 Å². The summed E-state index contributed by atoms with van der Waals surface area (Å²) in [6.07, 6.45) is 9.34. The highest BCUT2D eigenvalue weighted by Gasteiger charge is 2.44. The highest BCUT2D eigenvalue weighted by atomic mass is 14.5. The Morgan fingerprint density at radius 2 is 0.611 bits per heavy atom. The fourth-order valence-electron chi connectivity index (χ4n) is 5.54. The summed E-state index contributed by atoms with van der Waals surface area (Å²) in [5.41, 5.74) is 0. The second-order valence-corrected chi connectivity index (χ2v) is 8.36. The van der Waals surface area contributed by atoms with Crippen molar-refractivity contribution in [1.29, 1.82) is 0 Å². The highest BCUT2D eigenvalue weighted by Crippen LogP contribution is 2.53. The summed E-state index contributed by atoms with van der Waals surface area (Å²) in [6, 6.07) is 0. The van der Waals surface area contributed by atoms with Crippen molar-refractivity contribution in [3.63, 3.8) is 0 Å². The molecule has 0 aromatic rings. The number of fused-ring (bicyclic) bond motifs is 2. The van der Waals surface area contributed by atoms with E-state index >= 15 is 0 Å². The predicted molar refractivity (Wildman–Crippen MR) is 78.3 cm³/mol. The van der Waals surface area contributed by atoms with Crippen molar-refractivity contribution in [3.8, 4) is 0 Å². The van der Waals surface area contributed by atoms with E-state index in [4.69, 9.17) is 0 Å². The Labute approximate surface area is 114 Å². The molecule has 3 fully saturated rings. The molecule has 0 N–H and O–H groups in total. The van der Waals surface area contributed by atoms with Gasteiger partial charge in [-0.05, 0) is 85.9 Å². The molecule has 3 aliphatic rings. The van der Waals surface area contributed by atoms with Crippen molar-refractivity contribution in [1.82, 2.24) is 0 Å². The molecule has 104 valence electrons. The van der Waals surface area contributed by atoms with Gasteiger partial charge in [0, 0.05) is 0 Å². The first-order valence-corrected chi connectivity index (χ1v) is 8.54. The lowest BCUT2D eigenvalue weighted by Crippen LogP contribution is -2.41. The average Bonchev–Trinajstić information content (AvgIpc) is 2.31. The molecule has 0 saturated heterocycles. The van der Waals surface area contributed by atoms with Crippen LogP contribution in [0.15, 0.2) is 0 Å². The second-order valence-electron chi connectivity index (χ2n) is 8.36. The zero-order chi connectivity index (χ0) is 12.9. The maximum absolute atomic E-state index is 2.50. The minimum atomic E-state index is 0.989. The Kier molecular flexibility index (Phi) is 3.49. The van der Waals surface area contributed by atoms with E-state index in [1.807, 2.05) is 0 Å². The lowest BCUT2D eigenvalue weighted by molar-refractivity contribution is -0.00645. The molecule has 0 heterocycles. The summed E-state index contributed by atoms with van der Waals surface area (Å²) in [6.45, 7) is 9.99. The number of hydrogen-bond acceptors (Lipinski definition) is 0. The van der Waals surface area contributed by atoms with Crippen LogP contribution in [0.5, 0.6) is 0 Å². The summed E-state index contributed by atoms with van der Waals surface area (Å²) in [4.78, 5) is 0. The van der Waals surface area contributed by atoms with Crippen LogP contribution in [0.1, 0.15) is 66.2 Å². The first kappa shape index (κ1) is 13.0. The number of rotatable bonds is 0. The molecule has 0 amide bonds. The van der Waals surface area contributed by atoms with E-state index in [2.05, 4.69) is 27.7 Å². The summed E-state index contributed by atoms with van der Waals surface area (Å²) in [7, 11) is 0. The molecule has 8 unspecified atom stereocenters. The van der Waals surface area contributed by atoms with Gasteiger partial charge in [0.2, 0.25) is 0 Å². The lowest BCUT2D eigenvalue weighted by atomic mass is 9.55. The van der Waals surface area contributed by atoms with Gasteiger partial charge in [0.1, 0.15) is 0 Å². The lowest BCUT2D eigenvalue weighted by Gasteiger charge is -2.51. The zero-order valence-electron chi connectivity index (χ0n) is 12.9. The first-order valence-electron chi connectivity index (χ1n) is 8.54. The largest absolute Gasteiger partial charge is 0.0622 e. The Morgan fingerprint density at radius 3 is 0.833 bits per heavy atom. The minimum absolute atomic E-state index is 0.989. The SMILES string of the molecule is CC1CC2CC3CC(C)C(C)CC3CC2CC1C. The summed E-state index contributed by atoms with van der Waals surface area (Å²) in [5.74, 6) is 8.34. The van der Waals surface area contributed by atoms with Crippen LogP contribution < -0.4 is 0 Å². The van der Waals surface area contributed by atoms with Crippen LogP contribution >= 0.6 is 0 Å². The van der Waals surface area contributed by atoms with Crippen LogP contribution in [0, 0.1) is 47.3 Å². The van der Waals surface area contributed by atoms with Crippen LogP contribution in [-0.4, -0.2) is 0 Å². The monoisotopic (exact) mass is 248 g/mol. The smallest absolute Gasteiger partial charge is 0.0380 e. The normalized spacial score (nSPS) is 56.7. The van der Waals surface area contributed by atoms with Crippen molar-refractivity contribution in [2.24, 2.45) is 47.3 Å². The molecule has 3 aliphatic carbocycles. The molecule has 0 heteroatoms. The Morgan fingerprint density at radius 1 is 0.389 bits per heavy atom. The van der Waals surface area contributed by atoms with Crippen molar-refractivity contribution in [2.45, 2.75) is 66.2 Å². The van der Waals surface area contributed by atoms with E-state index in [0.29, 0.717) is 0 Å². The summed E-state index contributed by atoms with van der Waals surface area (Å²) < 4.78 is 0. The molecular weight excluding hydrogens is 216 g/mol. The summed E-state index contributed by atoms with van der Waals surface area (Å²) >= 11 is 0. The predicted octanol–water partition coefficient (Wildman–Crippen LogP) is 5.38. The minimum Gasteiger partial charge on any atom is -0.0622 e. The van der Waals surface area contributed by atoms with Gasteiger partial charge in [-0.1, -0.05) is 27.7 Å². The third kappa shape index (κ3) is 2.25. The molecule has 3 rings (SSSR count). The molecule has 8 atom stereocenters. The van der Waals surface area contributed by atoms with Gasteiger partial charge in [0.25, 0.3) is 0 Å². The maximum atomic E-state index is 2.50. The van der Waals surface area contributed by atoms with E-state index in [9.17, 15) is 0 Å². The van der Waals surface area contributed by atoms with Gasteiger partial charge in [-0.2, -0.15) is 0 Å². The van der Waals surface area contributed by atoms with Crippen LogP contribution in [0.2, 0.25) is 0 Å². The van der Waals surface area contributed by atoms with Crippen molar-refractivity contribution in [2.75, 3.05) is 0 Å². The molecule has 0 bridgehead atoms. The molecule has 0 aliphatic heterocycles. The van der Waals surface area contributed by atoms with E-state index < -0.39 is 0 Å². The van der Waals surface area contributed by atoms with Crippen LogP contribution in [-0.2, 0) is 0 Å². The molecule has 0 nitrogen and oxygen atoms in total. The van der Waals surface area contributed by atoms with Crippen LogP contribution in [0.4, 0.5) is 0 Å². The van der Waals surface area contributed by atoms with E-state index in [1.54, 1.807) is 38.5 Å². The van der Waals surface area contributed by atoms with Crippen molar-refractivity contribution < 1.29 is 0 Å². The Hall–Kier alpha value is 0. The molecule has 0 radical (unpaired) electrons. The van der Waals surface area contributed by atoms with E-state index in [0.717, 1.165) is 47.3 Å². The van der Waals surface area contributed by atoms with Gasteiger partial charge < -0.3 is 0 Å². The average molecular weight is 248 g/mol. The maximum Gasteiger partial charge on any atom is -0.0380 e. The van der Waals surface area contributed by atoms with E-state index in [1.165, 1.54) is 0 Å². The fraction of sp³-hybridized carbons (Fsp3) is 1.00. The van der Waals surface area contributed by atoms with Gasteiger partial charge in [0.15, 0.2) is 0 Å². The molecule has 18 heavy (non-hydrogen) atoms. The standard InChI is InChI=1S/C18H32/c1-11-5-15-9-17-7-13(3)14(4)8-18(17)10-16(15)6-12(11)2/h11-18H,5-10H2,1-4H3. The zero-order valence-corrected chi connectivity index (χ0v) is 12.9. The quantitative estimate of drug-likeness (QED) is 0.540. The highest BCUT2D eigenvalue weighted by molar-refractivity contribution is 4.94. The topological polar surface area (TPSA) is 0 Å². The van der Waals surface area contributed by atoms with E-state index in [-0.39, 0.29) is 0 Å². The van der Waals surface area contributed by atoms with Gasteiger partial charge >= 0.3 is 0 Å². The van der Waals surface area contributed by atoms with Crippen LogP contribution in [0.3, 0.4) is 0 Å². The Bertz CT molecular complexity index is 236. The van der Waals surface area contributed by atoms with Gasteiger partial charge in [-0.3, -0.25) is 0 Å². The molecule has 0 spiro atoms. The fourth-order valence-corrected chi connectivity index (χ4v) is 5.54. The van der Waals surface area contributed by atoms with Gasteiger partial charge in [-0.15, -0.1) is 0 Å². The molecule has 0 aromatic carbocycles. The second kappa shape index (κ2) is 4.84.